The SMILES string of the molecule is CCC(C)NC(=O)CCCN1C(=O)NC2(CCCC2)C1=O. The Hall–Kier alpha value is -1.59. The lowest BCUT2D eigenvalue weighted by atomic mass is 9.98. The molecule has 1 aliphatic carbocycles. The fourth-order valence-corrected chi connectivity index (χ4v) is 3.04. The molecule has 0 aromatic heterocycles. The number of nitrogens with one attached hydrogen (secondary N) is 2. The van der Waals surface area contributed by atoms with Gasteiger partial charge in [0, 0.05) is 19.0 Å². The lowest BCUT2D eigenvalue weighted by molar-refractivity contribution is -0.131. The van der Waals surface area contributed by atoms with Crippen molar-refractivity contribution in [3.63, 3.8) is 0 Å². The van der Waals surface area contributed by atoms with Crippen molar-refractivity contribution in [3.8, 4) is 0 Å². The average molecular weight is 295 g/mol. The predicted octanol–water partition coefficient (Wildman–Crippen LogP) is 1.55. The van der Waals surface area contributed by atoms with Crippen LogP contribution in [0.4, 0.5) is 4.79 Å². The Morgan fingerprint density at radius 3 is 2.67 bits per heavy atom. The van der Waals surface area contributed by atoms with Gasteiger partial charge in [0.05, 0.1) is 0 Å². The zero-order valence-electron chi connectivity index (χ0n) is 12.9. The molecule has 6 nitrogen and oxygen atoms in total. The molecule has 0 aromatic rings. The second-order valence-electron chi connectivity index (χ2n) is 6.16. The zero-order valence-corrected chi connectivity index (χ0v) is 12.9. The summed E-state index contributed by atoms with van der Waals surface area (Å²) < 4.78 is 0. The van der Waals surface area contributed by atoms with Gasteiger partial charge < -0.3 is 10.6 Å². The number of nitrogens with zero attached hydrogens (tertiary/aromatic N) is 1. The Balaban J connectivity index is 1.80. The summed E-state index contributed by atoms with van der Waals surface area (Å²) in [6.45, 7) is 4.29. The van der Waals surface area contributed by atoms with Gasteiger partial charge >= 0.3 is 6.03 Å². The molecular formula is C15H25N3O3. The highest BCUT2D eigenvalue weighted by atomic mass is 16.2. The normalized spacial score (nSPS) is 21.7. The summed E-state index contributed by atoms with van der Waals surface area (Å²) in [4.78, 5) is 37.3. The van der Waals surface area contributed by atoms with Gasteiger partial charge in [-0.2, -0.15) is 0 Å². The molecule has 1 saturated heterocycles. The van der Waals surface area contributed by atoms with Crippen molar-refractivity contribution in [2.45, 2.75) is 70.4 Å². The number of carbonyl (C=O) groups is 3. The van der Waals surface area contributed by atoms with Gasteiger partial charge in [-0.15, -0.1) is 0 Å². The van der Waals surface area contributed by atoms with Crippen molar-refractivity contribution in [1.82, 2.24) is 15.5 Å². The summed E-state index contributed by atoms with van der Waals surface area (Å²) in [6, 6.07) is -0.139. The Kier molecular flexibility index (Phi) is 4.85. The van der Waals surface area contributed by atoms with Crippen molar-refractivity contribution in [2.75, 3.05) is 6.54 Å². The van der Waals surface area contributed by atoms with Crippen LogP contribution in [-0.2, 0) is 9.59 Å². The topological polar surface area (TPSA) is 78.5 Å². The molecule has 0 radical (unpaired) electrons. The van der Waals surface area contributed by atoms with Crippen molar-refractivity contribution < 1.29 is 14.4 Å². The second kappa shape index (κ2) is 6.45. The molecule has 4 amide bonds. The first-order chi connectivity index (χ1) is 9.98. The highest BCUT2D eigenvalue weighted by Crippen LogP contribution is 2.35. The number of imide groups is 1. The fourth-order valence-electron chi connectivity index (χ4n) is 3.04. The van der Waals surface area contributed by atoms with E-state index in [1.165, 1.54) is 4.90 Å². The van der Waals surface area contributed by atoms with Crippen molar-refractivity contribution in [1.29, 1.82) is 0 Å². The van der Waals surface area contributed by atoms with Crippen LogP contribution in [0.15, 0.2) is 0 Å². The molecule has 118 valence electrons. The van der Waals surface area contributed by atoms with Crippen LogP contribution in [0.5, 0.6) is 0 Å². The Morgan fingerprint density at radius 2 is 2.05 bits per heavy atom. The van der Waals surface area contributed by atoms with E-state index in [0.717, 1.165) is 32.1 Å². The zero-order chi connectivity index (χ0) is 15.5. The third kappa shape index (κ3) is 3.36. The van der Waals surface area contributed by atoms with Crippen LogP contribution in [-0.4, -0.2) is 40.9 Å². The summed E-state index contributed by atoms with van der Waals surface area (Å²) in [6.07, 6.45) is 5.19. The van der Waals surface area contributed by atoms with E-state index in [-0.39, 0.29) is 23.9 Å². The number of hydrogen-bond acceptors (Lipinski definition) is 3. The van der Waals surface area contributed by atoms with Crippen LogP contribution in [0.1, 0.15) is 58.8 Å². The molecule has 2 fully saturated rings. The molecule has 1 heterocycles. The summed E-state index contributed by atoms with van der Waals surface area (Å²) in [5.41, 5.74) is -0.643. The van der Waals surface area contributed by atoms with Crippen molar-refractivity contribution in [2.24, 2.45) is 0 Å². The molecule has 1 saturated carbocycles. The molecule has 2 aliphatic rings. The number of urea groups is 1. The molecule has 1 unspecified atom stereocenters. The van der Waals surface area contributed by atoms with E-state index < -0.39 is 5.54 Å². The van der Waals surface area contributed by atoms with Crippen LogP contribution in [0.3, 0.4) is 0 Å². The summed E-state index contributed by atoms with van der Waals surface area (Å²) >= 11 is 0. The van der Waals surface area contributed by atoms with Gasteiger partial charge in [-0.05, 0) is 32.6 Å². The van der Waals surface area contributed by atoms with Gasteiger partial charge in [0.15, 0.2) is 0 Å². The molecule has 0 bridgehead atoms. The largest absolute Gasteiger partial charge is 0.354 e. The molecule has 1 spiro atoms. The van der Waals surface area contributed by atoms with Crippen LogP contribution >= 0.6 is 0 Å². The number of amides is 4. The first kappa shape index (κ1) is 15.8. The molecular weight excluding hydrogens is 270 g/mol. The summed E-state index contributed by atoms with van der Waals surface area (Å²) in [7, 11) is 0. The summed E-state index contributed by atoms with van der Waals surface area (Å²) in [5.74, 6) is -0.126. The quantitative estimate of drug-likeness (QED) is 0.730. The minimum absolute atomic E-state index is 0.0213. The first-order valence-corrected chi connectivity index (χ1v) is 7.92. The van der Waals surface area contributed by atoms with E-state index in [1.807, 2.05) is 13.8 Å². The second-order valence-corrected chi connectivity index (χ2v) is 6.16. The molecule has 2 N–H and O–H groups in total. The number of rotatable bonds is 6. The van der Waals surface area contributed by atoms with Gasteiger partial charge in [0.25, 0.3) is 5.91 Å². The maximum absolute atomic E-state index is 12.4. The minimum Gasteiger partial charge on any atom is -0.354 e. The third-order valence-electron chi connectivity index (χ3n) is 4.51. The maximum Gasteiger partial charge on any atom is 0.325 e. The van der Waals surface area contributed by atoms with Gasteiger partial charge in [-0.3, -0.25) is 14.5 Å². The highest BCUT2D eigenvalue weighted by molar-refractivity contribution is 6.07. The van der Waals surface area contributed by atoms with Crippen molar-refractivity contribution in [3.05, 3.63) is 0 Å². The smallest absolute Gasteiger partial charge is 0.325 e. The first-order valence-electron chi connectivity index (χ1n) is 7.92. The van der Waals surface area contributed by atoms with E-state index in [1.54, 1.807) is 0 Å². The van der Waals surface area contributed by atoms with Crippen LogP contribution in [0.2, 0.25) is 0 Å². The molecule has 6 heteroatoms. The maximum atomic E-state index is 12.4. The molecule has 2 rings (SSSR count). The predicted molar refractivity (Wildman–Crippen MR) is 78.6 cm³/mol. The van der Waals surface area contributed by atoms with E-state index in [2.05, 4.69) is 10.6 Å². The van der Waals surface area contributed by atoms with Gasteiger partial charge in [0.1, 0.15) is 5.54 Å². The molecule has 0 aromatic carbocycles. The van der Waals surface area contributed by atoms with Gasteiger partial charge in [0.2, 0.25) is 5.91 Å². The van der Waals surface area contributed by atoms with E-state index in [9.17, 15) is 14.4 Å². The average Bonchev–Trinajstić information content (AvgIpc) is 2.99. The number of hydrogen-bond donors (Lipinski definition) is 2. The van der Waals surface area contributed by atoms with E-state index in [0.29, 0.717) is 19.4 Å². The van der Waals surface area contributed by atoms with Gasteiger partial charge in [-0.1, -0.05) is 19.8 Å². The van der Waals surface area contributed by atoms with Crippen molar-refractivity contribution >= 4 is 17.8 Å². The van der Waals surface area contributed by atoms with E-state index >= 15 is 0 Å². The molecule has 1 atom stereocenters. The Bertz CT molecular complexity index is 430. The van der Waals surface area contributed by atoms with Crippen LogP contribution in [0.25, 0.3) is 0 Å². The Morgan fingerprint density at radius 1 is 1.38 bits per heavy atom. The lowest BCUT2D eigenvalue weighted by Gasteiger charge is -2.20. The third-order valence-corrected chi connectivity index (χ3v) is 4.51. The molecule has 21 heavy (non-hydrogen) atoms. The molecule has 1 aliphatic heterocycles. The highest BCUT2D eigenvalue weighted by Gasteiger charge is 2.51. The van der Waals surface area contributed by atoms with Crippen LogP contribution < -0.4 is 10.6 Å². The van der Waals surface area contributed by atoms with E-state index in [4.69, 9.17) is 0 Å². The van der Waals surface area contributed by atoms with Crippen LogP contribution in [0, 0.1) is 0 Å². The fraction of sp³-hybridized carbons (Fsp3) is 0.800. The minimum atomic E-state index is -0.643. The summed E-state index contributed by atoms with van der Waals surface area (Å²) in [5, 5.41) is 5.73. The monoisotopic (exact) mass is 295 g/mol. The standard InChI is InChI=1S/C15H25N3O3/c1-3-11(2)16-12(19)7-6-10-18-13(20)15(17-14(18)21)8-4-5-9-15/h11H,3-10H2,1-2H3,(H,16,19)(H,17,21). The lowest BCUT2D eigenvalue weighted by Crippen LogP contribution is -2.44. The Labute approximate surface area is 125 Å². The van der Waals surface area contributed by atoms with Gasteiger partial charge in [-0.25, -0.2) is 4.79 Å². The number of carbonyl (C=O) groups excluding carboxylic acids is 3.